The van der Waals surface area contributed by atoms with Gasteiger partial charge in [0.25, 0.3) is 5.56 Å². The first-order valence-corrected chi connectivity index (χ1v) is 10.9. The number of halogens is 2. The number of anilines is 1. The normalized spacial score (nSPS) is 14.2. The van der Waals surface area contributed by atoms with Crippen molar-refractivity contribution in [2.75, 3.05) is 31.6 Å². The lowest BCUT2D eigenvalue weighted by atomic mass is 10.00. The van der Waals surface area contributed by atoms with E-state index in [1.165, 1.54) is 21.4 Å². The molecule has 32 heavy (non-hydrogen) atoms. The van der Waals surface area contributed by atoms with Crippen molar-refractivity contribution in [1.82, 2.24) is 9.47 Å². The van der Waals surface area contributed by atoms with Crippen molar-refractivity contribution in [2.45, 2.75) is 32.7 Å². The molecule has 1 saturated heterocycles. The average molecular weight is 463 g/mol. The summed E-state index contributed by atoms with van der Waals surface area (Å²) in [6, 6.07) is 6.21. The molecule has 0 saturated carbocycles. The molecule has 2 heterocycles. The average Bonchev–Trinajstić information content (AvgIpc) is 2.68. The molecule has 1 unspecified atom stereocenters. The predicted molar refractivity (Wildman–Crippen MR) is 126 cm³/mol. The first kappa shape index (κ1) is 23.9. The Morgan fingerprint density at radius 1 is 1.31 bits per heavy atom. The van der Waals surface area contributed by atoms with Crippen molar-refractivity contribution in [2.24, 2.45) is 0 Å². The minimum atomic E-state index is -3.35. The van der Waals surface area contributed by atoms with E-state index in [1.807, 2.05) is 18.9 Å². The second-order valence-corrected chi connectivity index (χ2v) is 8.75. The molecule has 1 atom stereocenters. The van der Waals surface area contributed by atoms with Crippen molar-refractivity contribution >= 4 is 20.8 Å². The third-order valence-corrected chi connectivity index (χ3v) is 5.73. The Hall–Kier alpha value is -2.73. The maximum atomic E-state index is 13.2. The van der Waals surface area contributed by atoms with E-state index in [2.05, 4.69) is 11.3 Å². The van der Waals surface area contributed by atoms with Crippen molar-refractivity contribution in [3.8, 4) is 16.9 Å². The molecule has 6 nitrogen and oxygen atoms in total. The highest BCUT2D eigenvalue weighted by atomic mass is 31.0. The van der Waals surface area contributed by atoms with Crippen LogP contribution < -0.4 is 15.2 Å². The molecule has 1 fully saturated rings. The van der Waals surface area contributed by atoms with Gasteiger partial charge in [-0.05, 0) is 47.7 Å². The van der Waals surface area contributed by atoms with Crippen molar-refractivity contribution in [3.63, 3.8) is 0 Å². The number of alkyl halides is 2. The number of carbonyl (C=O) groups is 1. The molecule has 3 rings (SSSR count). The fraction of sp³-hybridized carbons (Fsp3) is 0.391. The minimum Gasteiger partial charge on any atom is -0.430 e. The summed E-state index contributed by atoms with van der Waals surface area (Å²) >= 11 is 0. The van der Waals surface area contributed by atoms with Gasteiger partial charge in [-0.3, -0.25) is 9.59 Å². The topological polar surface area (TPSA) is 54.8 Å². The molecule has 1 amide bonds. The molecule has 0 radical (unpaired) electrons. The zero-order valence-corrected chi connectivity index (χ0v) is 19.8. The van der Waals surface area contributed by atoms with E-state index in [0.717, 1.165) is 16.8 Å². The van der Waals surface area contributed by atoms with E-state index in [0.29, 0.717) is 30.8 Å². The van der Waals surface area contributed by atoms with Gasteiger partial charge in [0.15, 0.2) is 0 Å². The van der Waals surface area contributed by atoms with Gasteiger partial charge in [-0.1, -0.05) is 18.7 Å². The van der Waals surface area contributed by atoms with Crippen LogP contribution in [0, 0.1) is 6.92 Å². The zero-order chi connectivity index (χ0) is 23.8. The molecule has 0 N–H and O–H groups in total. The van der Waals surface area contributed by atoms with Gasteiger partial charge >= 0.3 is 5.85 Å². The van der Waals surface area contributed by atoms with E-state index in [4.69, 9.17) is 0 Å². The van der Waals surface area contributed by atoms with Gasteiger partial charge < -0.3 is 19.1 Å². The summed E-state index contributed by atoms with van der Waals surface area (Å²) in [6.45, 7) is 10.7. The number of pyridine rings is 1. The Labute approximate surface area is 188 Å². The van der Waals surface area contributed by atoms with Gasteiger partial charge in [0.05, 0.1) is 11.7 Å². The lowest BCUT2D eigenvalue weighted by Crippen LogP contribution is -2.53. The monoisotopic (exact) mass is 463 g/mol. The molecule has 1 aromatic carbocycles. The number of likely N-dealkylation sites (tertiary alicyclic amines) is 1. The van der Waals surface area contributed by atoms with Crippen LogP contribution in [0.5, 0.6) is 5.75 Å². The third kappa shape index (κ3) is 4.85. The Morgan fingerprint density at radius 3 is 2.41 bits per heavy atom. The molecule has 172 valence electrons. The maximum Gasteiger partial charge on any atom is 0.408 e. The molecule has 2 aromatic rings. The van der Waals surface area contributed by atoms with Crippen LogP contribution in [0.15, 0.2) is 47.4 Å². The predicted octanol–water partition coefficient (Wildman–Crippen LogP) is 4.04. The molecule has 0 spiro atoms. The van der Waals surface area contributed by atoms with Crippen LogP contribution in [0.4, 0.5) is 14.5 Å². The SMILES string of the molecule is C=C(C)C(=O)N1CC(n2cc(-c3ccc(OC(F)(F)P)cc3)c(N(C)CC)c(C)c2=O)C1. The Morgan fingerprint density at radius 2 is 1.91 bits per heavy atom. The Bertz CT molecular complexity index is 1090. The highest BCUT2D eigenvalue weighted by molar-refractivity contribution is 7.17. The number of ether oxygens (including phenoxy) is 1. The molecule has 1 aromatic heterocycles. The summed E-state index contributed by atoms with van der Waals surface area (Å²) in [4.78, 5) is 28.9. The van der Waals surface area contributed by atoms with Crippen molar-refractivity contribution < 1.29 is 18.3 Å². The van der Waals surface area contributed by atoms with Gasteiger partial charge in [0, 0.05) is 49.6 Å². The van der Waals surface area contributed by atoms with Gasteiger partial charge in [-0.25, -0.2) is 0 Å². The summed E-state index contributed by atoms with van der Waals surface area (Å²) in [5, 5.41) is 0. The molecule has 0 bridgehead atoms. The lowest BCUT2D eigenvalue weighted by molar-refractivity contribution is -0.132. The van der Waals surface area contributed by atoms with Crippen LogP contribution in [0.25, 0.3) is 11.1 Å². The maximum absolute atomic E-state index is 13.2. The fourth-order valence-electron chi connectivity index (χ4n) is 3.81. The second kappa shape index (κ2) is 9.02. The van der Waals surface area contributed by atoms with Gasteiger partial charge in [-0.15, -0.1) is 0 Å². The molecule has 1 aliphatic heterocycles. The number of hydrogen-bond acceptors (Lipinski definition) is 4. The van der Waals surface area contributed by atoms with Crippen LogP contribution in [0.1, 0.15) is 25.5 Å². The molecular weight excluding hydrogens is 435 g/mol. The molecule has 9 heteroatoms. The Kier molecular flexibility index (Phi) is 6.75. The van der Waals surface area contributed by atoms with Gasteiger partial charge in [-0.2, -0.15) is 8.78 Å². The van der Waals surface area contributed by atoms with E-state index in [-0.39, 0.29) is 23.3 Å². The van der Waals surface area contributed by atoms with E-state index < -0.39 is 5.85 Å². The van der Waals surface area contributed by atoms with Gasteiger partial charge in [0.1, 0.15) is 5.75 Å². The summed E-state index contributed by atoms with van der Waals surface area (Å²) in [5.41, 5.74) is 3.30. The summed E-state index contributed by atoms with van der Waals surface area (Å²) in [6.07, 6.45) is 1.80. The quantitative estimate of drug-likeness (QED) is 0.460. The highest BCUT2D eigenvalue weighted by Gasteiger charge is 2.33. The van der Waals surface area contributed by atoms with E-state index >= 15 is 0 Å². The Balaban J connectivity index is 2.02. The van der Waals surface area contributed by atoms with Crippen molar-refractivity contribution in [3.05, 3.63) is 58.5 Å². The van der Waals surface area contributed by atoms with E-state index in [9.17, 15) is 18.4 Å². The van der Waals surface area contributed by atoms with Crippen molar-refractivity contribution in [1.29, 1.82) is 0 Å². The fourth-order valence-corrected chi connectivity index (χ4v) is 3.95. The number of nitrogens with zero attached hydrogens (tertiary/aromatic N) is 3. The summed E-state index contributed by atoms with van der Waals surface area (Å²) in [5.74, 6) is -3.43. The number of aromatic nitrogens is 1. The number of amides is 1. The summed E-state index contributed by atoms with van der Waals surface area (Å²) < 4.78 is 32.5. The third-order valence-electron chi connectivity index (χ3n) is 5.62. The lowest BCUT2D eigenvalue weighted by Gasteiger charge is -2.41. The molecule has 0 aliphatic carbocycles. The standard InChI is InChI=1S/C23H28F2N3O3P/c1-6-26(5)20-15(4)22(30)28(17-11-27(12-17)21(29)14(2)3)13-19(20)16-7-9-18(10-8-16)31-23(24,25)32/h7-10,13,17H,2,6,11-12,32H2,1,3-5H3. The minimum absolute atomic E-state index is 0.0390. The summed E-state index contributed by atoms with van der Waals surface area (Å²) in [7, 11) is 3.25. The number of carbonyl (C=O) groups excluding carboxylic acids is 1. The van der Waals surface area contributed by atoms with Crippen LogP contribution in [0.3, 0.4) is 0 Å². The number of rotatable bonds is 7. The first-order chi connectivity index (χ1) is 14.9. The highest BCUT2D eigenvalue weighted by Crippen LogP contribution is 2.35. The largest absolute Gasteiger partial charge is 0.430 e. The smallest absolute Gasteiger partial charge is 0.408 e. The molecular formula is C23H28F2N3O3P. The van der Waals surface area contributed by atoms with Crippen LogP contribution in [-0.2, 0) is 4.79 Å². The van der Waals surface area contributed by atoms with Gasteiger partial charge in [0.2, 0.25) is 5.91 Å². The van der Waals surface area contributed by atoms with E-state index in [1.54, 1.807) is 41.6 Å². The number of hydrogen-bond donors (Lipinski definition) is 0. The first-order valence-electron chi connectivity index (χ1n) is 10.3. The second-order valence-electron chi connectivity index (χ2n) is 8.08. The van der Waals surface area contributed by atoms with Crippen LogP contribution >= 0.6 is 9.24 Å². The molecule has 1 aliphatic rings. The zero-order valence-electron chi connectivity index (χ0n) is 18.7. The van der Waals surface area contributed by atoms with Crippen LogP contribution in [-0.4, -0.2) is 47.9 Å². The van der Waals surface area contributed by atoms with Crippen LogP contribution in [0.2, 0.25) is 0 Å². The number of benzene rings is 1.